The van der Waals surface area contributed by atoms with Gasteiger partial charge in [-0.05, 0) is 47.9 Å². The molecule has 0 spiro atoms. The summed E-state index contributed by atoms with van der Waals surface area (Å²) in [5, 5.41) is 9.10. The quantitative estimate of drug-likeness (QED) is 0.101. The summed E-state index contributed by atoms with van der Waals surface area (Å²) in [7, 11) is -2.21. The molecule has 0 bridgehead atoms. The first-order chi connectivity index (χ1) is 20.9. The fourth-order valence-corrected chi connectivity index (χ4v) is 11.6. The molecule has 0 unspecified atom stereocenters. The van der Waals surface area contributed by atoms with Crippen LogP contribution in [0.15, 0.2) is 97.1 Å². The first-order valence-electron chi connectivity index (χ1n) is 16.5. The first kappa shape index (κ1) is 32.6. The van der Waals surface area contributed by atoms with Gasteiger partial charge in [-0.1, -0.05) is 125 Å². The van der Waals surface area contributed by atoms with Gasteiger partial charge in [0.05, 0.1) is 0 Å². The molecule has 0 N–H and O–H groups in total. The number of hydrogen-bond acceptors (Lipinski definition) is 0. The molecule has 0 amide bonds. The number of fused-ring (bicyclic) bond motifs is 2. The predicted molar refractivity (Wildman–Crippen MR) is 193 cm³/mol. The Hall–Kier alpha value is -2.80. The van der Waals surface area contributed by atoms with Crippen LogP contribution in [-0.2, 0) is 51.9 Å². The van der Waals surface area contributed by atoms with Crippen molar-refractivity contribution in [2.75, 3.05) is 0 Å². The van der Waals surface area contributed by atoms with Crippen LogP contribution in [0.5, 0.6) is 0 Å². The molecule has 0 fully saturated rings. The van der Waals surface area contributed by atoms with Crippen LogP contribution in [0, 0.1) is 0 Å². The molecular formula is C42H46SiZr. The molecule has 0 saturated heterocycles. The topological polar surface area (TPSA) is 0 Å². The summed E-state index contributed by atoms with van der Waals surface area (Å²) >= 11 is 0. The fourth-order valence-electron chi connectivity index (χ4n) is 7.59. The van der Waals surface area contributed by atoms with Crippen LogP contribution in [0.1, 0.15) is 62.8 Å². The molecule has 44 heavy (non-hydrogen) atoms. The van der Waals surface area contributed by atoms with E-state index in [9.17, 15) is 0 Å². The summed E-state index contributed by atoms with van der Waals surface area (Å²) in [5.41, 5.74) is 11.4. The van der Waals surface area contributed by atoms with Crippen LogP contribution in [0.4, 0.5) is 0 Å². The van der Waals surface area contributed by atoms with Crippen LogP contribution in [-0.4, -0.2) is 8.07 Å². The van der Waals surface area contributed by atoms with Crippen molar-refractivity contribution in [2.45, 2.75) is 79.3 Å². The van der Waals surface area contributed by atoms with E-state index in [0.29, 0.717) is 0 Å². The summed E-state index contributed by atoms with van der Waals surface area (Å²) in [6.45, 7) is 14.4. The van der Waals surface area contributed by atoms with E-state index in [1.807, 2.05) is 0 Å². The van der Waals surface area contributed by atoms with E-state index in [2.05, 4.69) is 138 Å². The van der Waals surface area contributed by atoms with Crippen molar-refractivity contribution in [1.29, 1.82) is 0 Å². The molecule has 6 aromatic carbocycles. The Morgan fingerprint density at radius 3 is 1.25 bits per heavy atom. The van der Waals surface area contributed by atoms with Gasteiger partial charge in [0.1, 0.15) is 0 Å². The fraction of sp³-hybridized carbons (Fsp3) is 0.286. The molecule has 0 atom stereocenters. The molecular weight excluding hydrogens is 624 g/mol. The van der Waals surface area contributed by atoms with Crippen molar-refractivity contribution in [3.8, 4) is 22.3 Å². The van der Waals surface area contributed by atoms with Crippen molar-refractivity contribution < 1.29 is 26.2 Å². The van der Waals surface area contributed by atoms with Gasteiger partial charge in [-0.25, -0.2) is 0 Å². The summed E-state index contributed by atoms with van der Waals surface area (Å²) < 4.78 is 0. The largest absolute Gasteiger partial charge is 2.00 e. The molecule has 6 rings (SSSR count). The summed E-state index contributed by atoms with van der Waals surface area (Å²) in [5.74, 6) is 0. The molecule has 0 aliphatic heterocycles. The van der Waals surface area contributed by atoms with Gasteiger partial charge in [0.2, 0.25) is 0 Å². The van der Waals surface area contributed by atoms with Gasteiger partial charge in [-0.3, -0.25) is 0 Å². The maximum atomic E-state index is 2.64. The molecule has 222 valence electrons. The Bertz CT molecular complexity index is 1720. The molecule has 0 saturated carbocycles. The molecule has 0 aliphatic rings. The number of hydrogen-bond donors (Lipinski definition) is 0. The van der Waals surface area contributed by atoms with E-state index >= 15 is 0 Å². The van der Waals surface area contributed by atoms with Gasteiger partial charge in [0.25, 0.3) is 0 Å². The number of benzene rings is 4. The van der Waals surface area contributed by atoms with Gasteiger partial charge in [-0.15, -0.1) is 69.1 Å². The second-order valence-corrected chi connectivity index (χ2v) is 17.1. The number of rotatable bonds is 10. The summed E-state index contributed by atoms with van der Waals surface area (Å²) in [4.78, 5) is 0. The van der Waals surface area contributed by atoms with Crippen LogP contribution >= 0.6 is 0 Å². The van der Waals surface area contributed by atoms with Crippen molar-refractivity contribution in [2.24, 2.45) is 0 Å². The summed E-state index contributed by atoms with van der Waals surface area (Å²) in [6.07, 6.45) is 6.71. The second kappa shape index (κ2) is 13.7. The molecule has 0 nitrogen and oxygen atoms in total. The maximum absolute atomic E-state index is 2.64. The molecule has 0 radical (unpaired) electrons. The minimum Gasteiger partial charge on any atom is -0.158 e. The predicted octanol–water partition coefficient (Wildman–Crippen LogP) is 10.6. The number of aryl methyl sites for hydroxylation is 4. The van der Waals surface area contributed by atoms with Gasteiger partial charge < -0.3 is 0 Å². The van der Waals surface area contributed by atoms with Crippen molar-refractivity contribution in [3.05, 3.63) is 119 Å². The summed E-state index contributed by atoms with van der Waals surface area (Å²) in [6, 6.07) is 37.6. The Morgan fingerprint density at radius 1 is 0.523 bits per heavy atom. The van der Waals surface area contributed by atoms with E-state index in [4.69, 9.17) is 0 Å². The van der Waals surface area contributed by atoms with Gasteiger partial charge in [-0.2, -0.15) is 10.4 Å². The monoisotopic (exact) mass is 668 g/mol. The third kappa shape index (κ3) is 5.81. The first-order valence-corrected chi connectivity index (χ1v) is 19.5. The van der Waals surface area contributed by atoms with E-state index in [1.165, 1.54) is 54.9 Å². The standard InChI is InChI=1S/C42H46Si.Zr/c1-7-13-35-27-33-15-11-17-37(31-23-19-29(9-3)20-24-31)39(33)41(35)43(5,6)42-36(14-8-2)28-34-16-12-18-38(40(34)42)32-25-21-30(10-4)22-26-32;/h11-12,15-28H,7-10,13-14H2,1-6H3;/q-2;+2. The minimum atomic E-state index is -2.21. The SMILES string of the molecule is CCCc1[cH-]c2cccc(-c3ccc(CC)cc3)c2c1[Si](C)(C)c1c(CCC)[cH-]c2cccc(-c3ccc(CC)cc3)c12.[Zr+2]. The van der Waals surface area contributed by atoms with Crippen LogP contribution in [0.25, 0.3) is 43.8 Å². The zero-order chi connectivity index (χ0) is 30.1. The molecule has 6 aromatic rings. The van der Waals surface area contributed by atoms with E-state index < -0.39 is 8.07 Å². The Labute approximate surface area is 285 Å². The van der Waals surface area contributed by atoms with E-state index in [1.54, 1.807) is 21.5 Å². The molecule has 0 aliphatic carbocycles. The van der Waals surface area contributed by atoms with Crippen LogP contribution in [0.2, 0.25) is 13.1 Å². The van der Waals surface area contributed by atoms with Crippen LogP contribution in [0.3, 0.4) is 0 Å². The maximum Gasteiger partial charge on any atom is 2.00 e. The van der Waals surface area contributed by atoms with Crippen molar-refractivity contribution in [1.82, 2.24) is 0 Å². The van der Waals surface area contributed by atoms with E-state index in [0.717, 1.165) is 38.5 Å². The molecule has 0 heterocycles. The third-order valence-electron chi connectivity index (χ3n) is 9.63. The smallest absolute Gasteiger partial charge is 0.158 e. The van der Waals surface area contributed by atoms with Gasteiger partial charge in [0.15, 0.2) is 0 Å². The van der Waals surface area contributed by atoms with Gasteiger partial charge in [0, 0.05) is 8.07 Å². The molecule has 0 aromatic heterocycles. The zero-order valence-electron chi connectivity index (χ0n) is 27.5. The van der Waals surface area contributed by atoms with Crippen molar-refractivity contribution >= 4 is 40.0 Å². The third-order valence-corrected chi connectivity index (χ3v) is 13.3. The second-order valence-electron chi connectivity index (χ2n) is 12.9. The minimum absolute atomic E-state index is 0. The Kier molecular flexibility index (Phi) is 10.1. The van der Waals surface area contributed by atoms with Gasteiger partial charge >= 0.3 is 26.2 Å². The van der Waals surface area contributed by atoms with Crippen molar-refractivity contribution in [3.63, 3.8) is 0 Å². The van der Waals surface area contributed by atoms with E-state index in [-0.39, 0.29) is 26.2 Å². The van der Waals surface area contributed by atoms with Crippen LogP contribution < -0.4 is 10.4 Å². The molecule has 2 heteroatoms. The Balaban J connectivity index is 0.00000384. The average molecular weight is 670 g/mol. The zero-order valence-corrected chi connectivity index (χ0v) is 30.9. The average Bonchev–Trinajstić information content (AvgIpc) is 3.60. The normalized spacial score (nSPS) is 11.8. The Morgan fingerprint density at radius 2 is 0.909 bits per heavy atom.